The number of aryl methyl sites for hydroxylation is 1. The first-order chi connectivity index (χ1) is 15.5. The number of benzene rings is 1. The first-order valence-corrected chi connectivity index (χ1v) is 10.3. The van der Waals surface area contributed by atoms with Gasteiger partial charge in [-0.05, 0) is 24.6 Å². The number of carbonyl (C=O) groups is 1. The highest BCUT2D eigenvalue weighted by atomic mass is 19.1. The van der Waals surface area contributed by atoms with Gasteiger partial charge in [-0.1, -0.05) is 25.1 Å². The fourth-order valence-corrected chi connectivity index (χ4v) is 3.56. The molecule has 4 aromatic rings. The molecule has 0 spiro atoms. The third-order valence-corrected chi connectivity index (χ3v) is 5.38. The predicted molar refractivity (Wildman–Crippen MR) is 122 cm³/mol. The molecule has 3 aromatic heterocycles. The minimum atomic E-state index is -0.371. The summed E-state index contributed by atoms with van der Waals surface area (Å²) in [6.07, 6.45) is 4.69. The maximum atomic E-state index is 13.9. The summed E-state index contributed by atoms with van der Waals surface area (Å²) in [6.45, 7) is 4.28. The quantitative estimate of drug-likeness (QED) is 0.478. The third kappa shape index (κ3) is 4.25. The van der Waals surface area contributed by atoms with Crippen LogP contribution in [0.3, 0.4) is 0 Å². The SMILES string of the molecule is CNC(=O)c1ccnc2c([C@H](C)CNc3cc(-c4cnc(C)c(F)c4)ncn3)cccc12. The fraction of sp³-hybridized carbons (Fsp3) is 0.208. The smallest absolute Gasteiger partial charge is 0.251 e. The highest BCUT2D eigenvalue weighted by Crippen LogP contribution is 2.27. The zero-order valence-electron chi connectivity index (χ0n) is 18.1. The first kappa shape index (κ1) is 21.3. The van der Waals surface area contributed by atoms with Crippen molar-refractivity contribution in [2.45, 2.75) is 19.8 Å². The van der Waals surface area contributed by atoms with E-state index in [2.05, 4.69) is 37.5 Å². The van der Waals surface area contributed by atoms with Gasteiger partial charge in [0.15, 0.2) is 0 Å². The lowest BCUT2D eigenvalue weighted by molar-refractivity contribution is 0.0964. The van der Waals surface area contributed by atoms with E-state index in [1.807, 2.05) is 18.2 Å². The van der Waals surface area contributed by atoms with Gasteiger partial charge in [0.2, 0.25) is 0 Å². The molecule has 0 saturated carbocycles. The van der Waals surface area contributed by atoms with Crippen LogP contribution in [0, 0.1) is 12.7 Å². The molecule has 0 aliphatic carbocycles. The molecule has 0 aliphatic heterocycles. The molecule has 7 nitrogen and oxygen atoms in total. The Hall–Kier alpha value is -3.94. The largest absolute Gasteiger partial charge is 0.369 e. The van der Waals surface area contributed by atoms with E-state index in [0.717, 1.165) is 16.5 Å². The number of amides is 1. The van der Waals surface area contributed by atoms with Gasteiger partial charge in [-0.3, -0.25) is 14.8 Å². The van der Waals surface area contributed by atoms with Gasteiger partial charge < -0.3 is 10.6 Å². The summed E-state index contributed by atoms with van der Waals surface area (Å²) in [4.78, 5) is 29.3. The number of para-hydroxylation sites is 1. The van der Waals surface area contributed by atoms with Gasteiger partial charge >= 0.3 is 0 Å². The molecule has 3 heterocycles. The molecule has 32 heavy (non-hydrogen) atoms. The number of carbonyl (C=O) groups excluding carboxylic acids is 1. The molecule has 0 radical (unpaired) electrons. The van der Waals surface area contributed by atoms with Crippen molar-refractivity contribution in [1.29, 1.82) is 0 Å². The molecule has 2 N–H and O–H groups in total. The monoisotopic (exact) mass is 430 g/mol. The van der Waals surface area contributed by atoms with Crippen LogP contribution in [0.15, 0.2) is 55.1 Å². The molecule has 8 heteroatoms. The van der Waals surface area contributed by atoms with Gasteiger partial charge in [-0.15, -0.1) is 0 Å². The number of rotatable bonds is 6. The van der Waals surface area contributed by atoms with Gasteiger partial charge in [-0.25, -0.2) is 14.4 Å². The standard InChI is InChI=1S/C24H23FN6O/c1-14(17-5-4-6-18-19(24(32)26-3)7-8-27-23(17)18)11-29-22-10-21(30-13-31-22)16-9-20(25)15(2)28-12-16/h4-10,12-14H,11H2,1-3H3,(H,26,32)(H,29,30,31)/t14-/m1/s1. The Labute approximate surface area is 185 Å². The van der Waals surface area contributed by atoms with Crippen LogP contribution in [0.25, 0.3) is 22.2 Å². The molecule has 0 bridgehead atoms. The highest BCUT2D eigenvalue weighted by Gasteiger charge is 2.15. The predicted octanol–water partition coefficient (Wildman–Crippen LogP) is 4.11. The van der Waals surface area contributed by atoms with Crippen LogP contribution in [0.1, 0.15) is 34.5 Å². The Bertz CT molecular complexity index is 1290. The van der Waals surface area contributed by atoms with E-state index in [1.54, 1.807) is 38.5 Å². The fourth-order valence-electron chi connectivity index (χ4n) is 3.56. The number of fused-ring (bicyclic) bond motifs is 1. The zero-order valence-corrected chi connectivity index (χ0v) is 18.1. The van der Waals surface area contributed by atoms with Crippen LogP contribution in [-0.4, -0.2) is 39.4 Å². The second-order valence-electron chi connectivity index (χ2n) is 7.54. The van der Waals surface area contributed by atoms with Gasteiger partial charge in [0.25, 0.3) is 5.91 Å². The van der Waals surface area contributed by atoms with E-state index in [1.165, 1.54) is 12.4 Å². The van der Waals surface area contributed by atoms with Crippen LogP contribution >= 0.6 is 0 Å². The van der Waals surface area contributed by atoms with Crippen LogP contribution < -0.4 is 10.6 Å². The average Bonchev–Trinajstić information content (AvgIpc) is 2.83. The molecule has 4 rings (SSSR count). The van der Waals surface area contributed by atoms with E-state index in [9.17, 15) is 9.18 Å². The maximum Gasteiger partial charge on any atom is 0.251 e. The zero-order chi connectivity index (χ0) is 22.7. The lowest BCUT2D eigenvalue weighted by atomic mass is 9.96. The number of halogens is 1. The first-order valence-electron chi connectivity index (χ1n) is 10.3. The Kier molecular flexibility index (Phi) is 6.02. The van der Waals surface area contributed by atoms with Crippen molar-refractivity contribution >= 4 is 22.6 Å². The van der Waals surface area contributed by atoms with E-state index in [0.29, 0.717) is 34.9 Å². The summed E-state index contributed by atoms with van der Waals surface area (Å²) in [5.74, 6) is 0.199. The van der Waals surface area contributed by atoms with E-state index >= 15 is 0 Å². The van der Waals surface area contributed by atoms with Crippen molar-refractivity contribution < 1.29 is 9.18 Å². The summed E-state index contributed by atoms with van der Waals surface area (Å²) >= 11 is 0. The van der Waals surface area contributed by atoms with Crippen molar-refractivity contribution in [1.82, 2.24) is 25.3 Å². The highest BCUT2D eigenvalue weighted by molar-refractivity contribution is 6.06. The number of nitrogens with zero attached hydrogens (tertiary/aromatic N) is 4. The molecular weight excluding hydrogens is 407 g/mol. The van der Waals surface area contributed by atoms with Gasteiger partial charge in [-0.2, -0.15) is 0 Å². The van der Waals surface area contributed by atoms with Crippen LogP contribution in [-0.2, 0) is 0 Å². The van der Waals surface area contributed by atoms with Gasteiger partial charge in [0.05, 0.1) is 22.5 Å². The lowest BCUT2D eigenvalue weighted by Gasteiger charge is -2.16. The minimum Gasteiger partial charge on any atom is -0.369 e. The number of pyridine rings is 2. The number of aromatic nitrogens is 4. The molecule has 0 fully saturated rings. The Morgan fingerprint density at radius 3 is 2.75 bits per heavy atom. The summed E-state index contributed by atoms with van der Waals surface area (Å²) in [5.41, 5.74) is 3.94. The Morgan fingerprint density at radius 1 is 1.12 bits per heavy atom. The molecule has 0 aliphatic rings. The normalized spacial score (nSPS) is 11.9. The third-order valence-electron chi connectivity index (χ3n) is 5.38. The van der Waals surface area contributed by atoms with Crippen LogP contribution in [0.5, 0.6) is 0 Å². The number of anilines is 1. The van der Waals surface area contributed by atoms with Crippen molar-refractivity contribution in [3.63, 3.8) is 0 Å². The molecular formula is C24H23FN6O. The summed E-state index contributed by atoms with van der Waals surface area (Å²) in [7, 11) is 1.61. The number of hydrogen-bond acceptors (Lipinski definition) is 6. The molecule has 1 aromatic carbocycles. The number of hydrogen-bond donors (Lipinski definition) is 2. The summed E-state index contributed by atoms with van der Waals surface area (Å²) in [5, 5.41) is 6.81. The van der Waals surface area contributed by atoms with Crippen molar-refractivity contribution in [3.8, 4) is 11.3 Å². The molecule has 162 valence electrons. The second kappa shape index (κ2) is 9.05. The number of nitrogens with one attached hydrogen (secondary N) is 2. The average molecular weight is 430 g/mol. The maximum absolute atomic E-state index is 13.9. The van der Waals surface area contributed by atoms with Crippen molar-refractivity contribution in [2.75, 3.05) is 18.9 Å². The topological polar surface area (TPSA) is 92.7 Å². The Balaban J connectivity index is 1.56. The minimum absolute atomic E-state index is 0.0861. The summed E-state index contributed by atoms with van der Waals surface area (Å²) in [6, 6.07) is 10.8. The molecule has 0 unspecified atom stereocenters. The van der Waals surface area contributed by atoms with Crippen LogP contribution in [0.4, 0.5) is 10.2 Å². The van der Waals surface area contributed by atoms with E-state index < -0.39 is 0 Å². The lowest BCUT2D eigenvalue weighted by Crippen LogP contribution is -2.18. The molecule has 1 atom stereocenters. The van der Waals surface area contributed by atoms with E-state index in [4.69, 9.17) is 0 Å². The van der Waals surface area contributed by atoms with E-state index in [-0.39, 0.29) is 17.6 Å². The van der Waals surface area contributed by atoms with Crippen molar-refractivity contribution in [2.24, 2.45) is 0 Å². The summed E-state index contributed by atoms with van der Waals surface area (Å²) < 4.78 is 13.9. The van der Waals surface area contributed by atoms with Gasteiger partial charge in [0.1, 0.15) is 18.0 Å². The second-order valence-corrected chi connectivity index (χ2v) is 7.54. The van der Waals surface area contributed by atoms with Gasteiger partial charge in [0, 0.05) is 48.9 Å². The Morgan fingerprint density at radius 2 is 1.97 bits per heavy atom. The molecule has 0 saturated heterocycles. The van der Waals surface area contributed by atoms with Crippen LogP contribution in [0.2, 0.25) is 0 Å². The van der Waals surface area contributed by atoms with Crippen molar-refractivity contribution in [3.05, 3.63) is 77.8 Å². The molecule has 1 amide bonds.